The van der Waals surface area contributed by atoms with Gasteiger partial charge in [-0.05, 0) is 61.1 Å². The smallest absolute Gasteiger partial charge is 0.241 e. The fraction of sp³-hybridized carbons (Fsp3) is 0.278. The van der Waals surface area contributed by atoms with Crippen LogP contribution >= 0.6 is 21.6 Å². The Kier molecular flexibility index (Phi) is 14.9. The van der Waals surface area contributed by atoms with E-state index < -0.39 is 43.9 Å². The van der Waals surface area contributed by atoms with Gasteiger partial charge < -0.3 is 10.6 Å². The van der Waals surface area contributed by atoms with Crippen LogP contribution in [0.4, 0.5) is 0 Å². The standard InChI is InChI=1S/C36H42N4O6S4/c1-27-13-9-11-19-33(27)49(43,44)39-31(35(41)37-23-21-29-15-5-3-6-16-29)25-47-48-26-32(36(42)38-24-22-30-17-7-4-8-18-30)40-50(45,46)34-20-12-10-14-28(34)2/h3-20,31-32,39-40H,21-26H2,1-2H3,(H,37,41)(H,38,42). The van der Waals surface area contributed by atoms with Crippen molar-refractivity contribution in [1.82, 2.24) is 20.1 Å². The van der Waals surface area contributed by atoms with Crippen molar-refractivity contribution in [3.63, 3.8) is 0 Å². The number of sulfonamides is 2. The molecule has 0 aromatic heterocycles. The molecule has 2 unspecified atom stereocenters. The molecule has 2 atom stereocenters. The third-order valence-corrected chi connectivity index (χ3v) is 13.3. The van der Waals surface area contributed by atoms with Crippen molar-refractivity contribution in [2.24, 2.45) is 0 Å². The first-order valence-electron chi connectivity index (χ1n) is 16.0. The highest BCUT2D eigenvalue weighted by molar-refractivity contribution is 8.76. The minimum absolute atomic E-state index is 0.0137. The zero-order valence-electron chi connectivity index (χ0n) is 27.9. The summed E-state index contributed by atoms with van der Waals surface area (Å²) in [6.45, 7) is 3.96. The lowest BCUT2D eigenvalue weighted by atomic mass is 10.1. The molecule has 0 aliphatic carbocycles. The average molecular weight is 755 g/mol. The van der Waals surface area contributed by atoms with Gasteiger partial charge in [-0.15, -0.1) is 0 Å². The third kappa shape index (κ3) is 12.0. The molecule has 0 bridgehead atoms. The van der Waals surface area contributed by atoms with Crippen LogP contribution in [0.5, 0.6) is 0 Å². The first-order valence-corrected chi connectivity index (χ1v) is 21.5. The molecule has 14 heteroatoms. The topological polar surface area (TPSA) is 151 Å². The van der Waals surface area contributed by atoms with Gasteiger partial charge in [0, 0.05) is 24.6 Å². The number of hydrogen-bond acceptors (Lipinski definition) is 8. The quantitative estimate of drug-likeness (QED) is 0.0814. The minimum atomic E-state index is -4.06. The second-order valence-electron chi connectivity index (χ2n) is 11.5. The molecule has 0 fully saturated rings. The van der Waals surface area contributed by atoms with Crippen LogP contribution in [0.15, 0.2) is 119 Å². The zero-order valence-corrected chi connectivity index (χ0v) is 31.1. The molecule has 4 aromatic rings. The van der Waals surface area contributed by atoms with Gasteiger partial charge in [0.15, 0.2) is 0 Å². The Bertz CT molecular complexity index is 1790. The highest BCUT2D eigenvalue weighted by Gasteiger charge is 2.29. The molecule has 0 heterocycles. The molecule has 4 aromatic carbocycles. The van der Waals surface area contributed by atoms with E-state index in [1.807, 2.05) is 60.7 Å². The van der Waals surface area contributed by atoms with Crippen molar-refractivity contribution in [2.45, 2.75) is 48.6 Å². The summed E-state index contributed by atoms with van der Waals surface area (Å²) < 4.78 is 58.6. The van der Waals surface area contributed by atoms with Crippen LogP contribution in [0.1, 0.15) is 22.3 Å². The lowest BCUT2D eigenvalue weighted by molar-refractivity contribution is -0.122. The molecule has 0 radical (unpaired) electrons. The molecule has 2 amide bonds. The Morgan fingerprint density at radius 2 is 0.880 bits per heavy atom. The molecule has 0 spiro atoms. The Morgan fingerprint density at radius 1 is 0.540 bits per heavy atom. The zero-order chi connectivity index (χ0) is 36.0. The van der Waals surface area contributed by atoms with Gasteiger partial charge >= 0.3 is 0 Å². The van der Waals surface area contributed by atoms with Crippen LogP contribution in [0.2, 0.25) is 0 Å². The van der Waals surface area contributed by atoms with Crippen LogP contribution in [0.3, 0.4) is 0 Å². The molecule has 4 rings (SSSR count). The van der Waals surface area contributed by atoms with Crippen molar-refractivity contribution in [1.29, 1.82) is 0 Å². The Labute approximate surface area is 303 Å². The maximum atomic E-state index is 13.4. The number of aryl methyl sites for hydroxylation is 2. The molecular formula is C36H42N4O6S4. The third-order valence-electron chi connectivity index (χ3n) is 7.66. The minimum Gasteiger partial charge on any atom is -0.354 e. The van der Waals surface area contributed by atoms with E-state index in [-0.39, 0.29) is 21.3 Å². The maximum absolute atomic E-state index is 13.4. The van der Waals surface area contributed by atoms with E-state index in [0.29, 0.717) is 37.1 Å². The largest absolute Gasteiger partial charge is 0.354 e. The summed E-state index contributed by atoms with van der Waals surface area (Å²) in [6.07, 6.45) is 1.13. The second kappa shape index (κ2) is 19.1. The molecular weight excluding hydrogens is 713 g/mol. The van der Waals surface area contributed by atoms with Crippen molar-refractivity contribution >= 4 is 53.4 Å². The summed E-state index contributed by atoms with van der Waals surface area (Å²) in [6, 6.07) is 29.9. The van der Waals surface area contributed by atoms with E-state index in [1.54, 1.807) is 50.2 Å². The van der Waals surface area contributed by atoms with Gasteiger partial charge in [-0.2, -0.15) is 9.44 Å². The SMILES string of the molecule is Cc1ccccc1S(=O)(=O)NC(CSSCC(NS(=O)(=O)c1ccccc1C)C(=O)NCCc1ccccc1)C(=O)NCCc1ccccc1. The predicted octanol–water partition coefficient (Wildman–Crippen LogP) is 4.40. The van der Waals surface area contributed by atoms with Gasteiger partial charge in [-0.1, -0.05) is 119 Å². The van der Waals surface area contributed by atoms with E-state index >= 15 is 0 Å². The van der Waals surface area contributed by atoms with Gasteiger partial charge in [-0.25, -0.2) is 16.8 Å². The Hall–Kier alpha value is -3.66. The number of hydrogen-bond donors (Lipinski definition) is 4. The summed E-state index contributed by atoms with van der Waals surface area (Å²) in [5.41, 5.74) is 3.12. The van der Waals surface area contributed by atoms with Crippen molar-refractivity contribution in [3.05, 3.63) is 131 Å². The number of nitrogens with one attached hydrogen (secondary N) is 4. The second-order valence-corrected chi connectivity index (χ2v) is 17.4. The van der Waals surface area contributed by atoms with E-state index in [9.17, 15) is 26.4 Å². The van der Waals surface area contributed by atoms with Crippen molar-refractivity contribution in [2.75, 3.05) is 24.6 Å². The van der Waals surface area contributed by atoms with Gasteiger partial charge in [0.1, 0.15) is 12.1 Å². The summed E-state index contributed by atoms with van der Waals surface area (Å²) >= 11 is 0. The van der Waals surface area contributed by atoms with Gasteiger partial charge in [0.05, 0.1) is 9.79 Å². The van der Waals surface area contributed by atoms with Crippen LogP contribution in [0.25, 0.3) is 0 Å². The number of amides is 2. The molecule has 0 aliphatic rings. The highest BCUT2D eigenvalue weighted by atomic mass is 33.1. The first kappa shape index (κ1) is 39.1. The van der Waals surface area contributed by atoms with Crippen LogP contribution < -0.4 is 20.1 Å². The molecule has 0 saturated carbocycles. The lowest BCUT2D eigenvalue weighted by Crippen LogP contribution is -2.49. The number of carbonyl (C=O) groups is 2. The molecule has 4 N–H and O–H groups in total. The molecule has 0 aliphatic heterocycles. The Morgan fingerprint density at radius 3 is 1.24 bits per heavy atom. The fourth-order valence-corrected chi connectivity index (χ4v) is 10.4. The van der Waals surface area contributed by atoms with Crippen LogP contribution in [0, 0.1) is 13.8 Å². The van der Waals surface area contributed by atoms with E-state index in [2.05, 4.69) is 20.1 Å². The van der Waals surface area contributed by atoms with Gasteiger partial charge in [-0.3, -0.25) is 9.59 Å². The number of benzene rings is 4. The number of rotatable bonds is 19. The van der Waals surface area contributed by atoms with Crippen LogP contribution in [-0.4, -0.2) is 65.3 Å². The van der Waals surface area contributed by atoms with Crippen molar-refractivity contribution < 1.29 is 26.4 Å². The van der Waals surface area contributed by atoms with Crippen LogP contribution in [-0.2, 0) is 42.5 Å². The van der Waals surface area contributed by atoms with E-state index in [1.165, 1.54) is 33.7 Å². The fourth-order valence-electron chi connectivity index (χ4n) is 4.97. The monoisotopic (exact) mass is 754 g/mol. The Balaban J connectivity index is 1.44. The molecule has 266 valence electrons. The summed E-state index contributed by atoms with van der Waals surface area (Å²) in [5.74, 6) is -0.969. The normalized spacial score (nSPS) is 12.9. The lowest BCUT2D eigenvalue weighted by Gasteiger charge is -2.21. The molecule has 10 nitrogen and oxygen atoms in total. The molecule has 50 heavy (non-hydrogen) atoms. The van der Waals surface area contributed by atoms with E-state index in [0.717, 1.165) is 11.1 Å². The summed E-state index contributed by atoms with van der Waals surface area (Å²) in [5, 5.41) is 5.67. The maximum Gasteiger partial charge on any atom is 0.241 e. The predicted molar refractivity (Wildman–Crippen MR) is 202 cm³/mol. The summed E-state index contributed by atoms with van der Waals surface area (Å²) in [4.78, 5) is 26.9. The number of carbonyl (C=O) groups excluding carboxylic acids is 2. The van der Waals surface area contributed by atoms with Gasteiger partial charge in [0.25, 0.3) is 0 Å². The highest BCUT2D eigenvalue weighted by Crippen LogP contribution is 2.25. The average Bonchev–Trinajstić information content (AvgIpc) is 3.10. The summed E-state index contributed by atoms with van der Waals surface area (Å²) in [7, 11) is -5.79. The first-order chi connectivity index (χ1) is 24.0. The molecule has 0 saturated heterocycles. The van der Waals surface area contributed by atoms with Crippen molar-refractivity contribution in [3.8, 4) is 0 Å². The van der Waals surface area contributed by atoms with Gasteiger partial charge in [0.2, 0.25) is 31.9 Å². The van der Waals surface area contributed by atoms with E-state index in [4.69, 9.17) is 0 Å².